The van der Waals surface area contributed by atoms with Crippen LogP contribution in [-0.2, 0) is 6.54 Å². The monoisotopic (exact) mass is 388 g/mol. The first-order valence-corrected chi connectivity index (χ1v) is 9.98. The Morgan fingerprint density at radius 3 is 2.54 bits per heavy atom. The fourth-order valence-electron chi connectivity index (χ4n) is 3.31. The second kappa shape index (κ2) is 7.74. The highest BCUT2D eigenvalue weighted by Crippen LogP contribution is 2.29. The average Bonchev–Trinajstić information content (AvgIpc) is 3.12. The van der Waals surface area contributed by atoms with Gasteiger partial charge in [-0.05, 0) is 30.3 Å². The summed E-state index contributed by atoms with van der Waals surface area (Å²) in [4.78, 5) is 8.63. The van der Waals surface area contributed by atoms with E-state index in [1.165, 1.54) is 17.0 Å². The lowest BCUT2D eigenvalue weighted by molar-refractivity contribution is -0.914. The van der Waals surface area contributed by atoms with Gasteiger partial charge in [0.1, 0.15) is 23.1 Å². The van der Waals surface area contributed by atoms with E-state index in [2.05, 4.69) is 10.3 Å². The fourth-order valence-corrected chi connectivity index (χ4v) is 4.45. The number of nitrogens with zero attached hydrogens (tertiary/aromatic N) is 2. The van der Waals surface area contributed by atoms with Crippen LogP contribution in [0.5, 0.6) is 0 Å². The van der Waals surface area contributed by atoms with Crippen molar-refractivity contribution in [3.8, 4) is 10.6 Å². The van der Waals surface area contributed by atoms with E-state index in [1.54, 1.807) is 11.3 Å². The normalized spacial score (nSPS) is 15.4. The standard InChI is InChI=1S/C20H19ClFN3S/c21-19-4-2-1-3-18(19)20-23-16(14-26-20)13-24-9-11-25(12-10-24)17-7-5-15(22)6-8-17/h1-8,14H,9-13H2/p+1. The van der Waals surface area contributed by atoms with E-state index >= 15 is 0 Å². The molecule has 3 nitrogen and oxygen atoms in total. The molecule has 6 heteroatoms. The first-order chi connectivity index (χ1) is 12.7. The van der Waals surface area contributed by atoms with Gasteiger partial charge in [0.15, 0.2) is 0 Å². The van der Waals surface area contributed by atoms with Gasteiger partial charge in [0, 0.05) is 16.6 Å². The SMILES string of the molecule is Fc1ccc(N2CC[NH+](Cc3csc(-c4ccccc4Cl)n3)CC2)cc1. The van der Waals surface area contributed by atoms with E-state index in [9.17, 15) is 4.39 Å². The molecule has 0 amide bonds. The maximum Gasteiger partial charge on any atom is 0.125 e. The van der Waals surface area contributed by atoms with Crippen LogP contribution >= 0.6 is 22.9 Å². The summed E-state index contributed by atoms with van der Waals surface area (Å²) >= 11 is 7.93. The number of aromatic nitrogens is 1. The van der Waals surface area contributed by atoms with Crippen LogP contribution in [0.2, 0.25) is 5.02 Å². The number of halogens is 2. The van der Waals surface area contributed by atoms with Gasteiger partial charge in [-0.15, -0.1) is 11.3 Å². The van der Waals surface area contributed by atoms with Crippen molar-refractivity contribution >= 4 is 28.6 Å². The molecule has 2 heterocycles. The fraction of sp³-hybridized carbons (Fsp3) is 0.250. The lowest BCUT2D eigenvalue weighted by Gasteiger charge is -2.33. The summed E-state index contributed by atoms with van der Waals surface area (Å²) in [6.07, 6.45) is 0. The summed E-state index contributed by atoms with van der Waals surface area (Å²) in [6, 6.07) is 14.6. The molecule has 1 aliphatic rings. The van der Waals surface area contributed by atoms with Gasteiger partial charge < -0.3 is 9.80 Å². The lowest BCUT2D eigenvalue weighted by Crippen LogP contribution is -3.13. The van der Waals surface area contributed by atoms with Crippen LogP contribution in [0.25, 0.3) is 10.6 Å². The van der Waals surface area contributed by atoms with Crippen LogP contribution in [0.3, 0.4) is 0 Å². The van der Waals surface area contributed by atoms with Gasteiger partial charge in [0.05, 0.1) is 31.2 Å². The summed E-state index contributed by atoms with van der Waals surface area (Å²) in [6.45, 7) is 4.98. The van der Waals surface area contributed by atoms with Gasteiger partial charge in [-0.2, -0.15) is 0 Å². The zero-order valence-corrected chi connectivity index (χ0v) is 15.9. The minimum absolute atomic E-state index is 0.184. The Balaban J connectivity index is 1.36. The molecule has 0 atom stereocenters. The number of hydrogen-bond acceptors (Lipinski definition) is 3. The van der Waals surface area contributed by atoms with Crippen LogP contribution in [0.15, 0.2) is 53.9 Å². The molecule has 26 heavy (non-hydrogen) atoms. The molecule has 0 radical (unpaired) electrons. The minimum Gasteiger partial charge on any atom is -0.360 e. The van der Waals surface area contributed by atoms with E-state index in [-0.39, 0.29) is 5.82 Å². The maximum atomic E-state index is 13.1. The van der Waals surface area contributed by atoms with Crippen molar-refractivity contribution in [2.45, 2.75) is 6.54 Å². The zero-order valence-electron chi connectivity index (χ0n) is 14.3. The molecule has 1 saturated heterocycles. The molecule has 1 fully saturated rings. The smallest absolute Gasteiger partial charge is 0.125 e. The number of piperazine rings is 1. The molecule has 0 spiro atoms. The molecular formula is C20H20ClFN3S+. The van der Waals surface area contributed by atoms with Crippen molar-refractivity contribution < 1.29 is 9.29 Å². The molecule has 134 valence electrons. The van der Waals surface area contributed by atoms with Crippen molar-refractivity contribution in [3.05, 3.63) is 70.4 Å². The number of anilines is 1. The average molecular weight is 389 g/mol. The second-order valence-corrected chi connectivity index (χ2v) is 7.78. The first-order valence-electron chi connectivity index (χ1n) is 8.72. The highest BCUT2D eigenvalue weighted by Gasteiger charge is 2.21. The number of hydrogen-bond donors (Lipinski definition) is 1. The van der Waals surface area contributed by atoms with Crippen molar-refractivity contribution in [2.75, 3.05) is 31.1 Å². The van der Waals surface area contributed by atoms with E-state index in [1.807, 2.05) is 36.4 Å². The molecule has 3 aromatic rings. The molecule has 4 rings (SSSR count). The Morgan fingerprint density at radius 1 is 1.08 bits per heavy atom. The molecular weight excluding hydrogens is 369 g/mol. The largest absolute Gasteiger partial charge is 0.360 e. The van der Waals surface area contributed by atoms with Gasteiger partial charge >= 0.3 is 0 Å². The van der Waals surface area contributed by atoms with Crippen molar-refractivity contribution in [1.29, 1.82) is 0 Å². The Morgan fingerprint density at radius 2 is 1.81 bits per heavy atom. The molecule has 1 N–H and O–H groups in total. The van der Waals surface area contributed by atoms with E-state index < -0.39 is 0 Å². The molecule has 0 unspecified atom stereocenters. The second-order valence-electron chi connectivity index (χ2n) is 6.51. The quantitative estimate of drug-likeness (QED) is 0.738. The number of quaternary nitrogens is 1. The van der Waals surface area contributed by atoms with E-state index in [0.29, 0.717) is 0 Å². The minimum atomic E-state index is -0.184. The van der Waals surface area contributed by atoms with Crippen molar-refractivity contribution in [3.63, 3.8) is 0 Å². The number of benzene rings is 2. The third kappa shape index (κ3) is 3.90. The maximum absolute atomic E-state index is 13.1. The van der Waals surface area contributed by atoms with Crippen LogP contribution in [0.1, 0.15) is 5.69 Å². The zero-order chi connectivity index (χ0) is 17.9. The van der Waals surface area contributed by atoms with Crippen LogP contribution in [0.4, 0.5) is 10.1 Å². The molecule has 1 aromatic heterocycles. The van der Waals surface area contributed by atoms with Crippen LogP contribution < -0.4 is 9.80 Å². The summed E-state index contributed by atoms with van der Waals surface area (Å²) in [5.74, 6) is -0.184. The predicted octanol–water partition coefficient (Wildman–Crippen LogP) is 3.51. The van der Waals surface area contributed by atoms with E-state index in [4.69, 9.17) is 16.6 Å². The Hall–Kier alpha value is -1.95. The third-order valence-electron chi connectivity index (χ3n) is 4.75. The van der Waals surface area contributed by atoms with Crippen LogP contribution in [-0.4, -0.2) is 31.2 Å². The Bertz CT molecular complexity index is 873. The van der Waals surface area contributed by atoms with Gasteiger partial charge in [-0.25, -0.2) is 9.37 Å². The Kier molecular flexibility index (Phi) is 5.20. The van der Waals surface area contributed by atoms with Crippen molar-refractivity contribution in [2.24, 2.45) is 0 Å². The summed E-state index contributed by atoms with van der Waals surface area (Å²) in [5.41, 5.74) is 3.22. The molecule has 1 aliphatic heterocycles. The Labute approximate surface area is 161 Å². The lowest BCUT2D eigenvalue weighted by atomic mass is 10.2. The number of nitrogens with one attached hydrogen (secondary N) is 1. The third-order valence-corrected chi connectivity index (χ3v) is 6.00. The number of rotatable bonds is 4. The first kappa shape index (κ1) is 17.5. The molecule has 0 bridgehead atoms. The molecule has 0 saturated carbocycles. The molecule has 0 aliphatic carbocycles. The summed E-state index contributed by atoms with van der Waals surface area (Å²) in [7, 11) is 0. The predicted molar refractivity (Wildman–Crippen MR) is 106 cm³/mol. The molecule has 2 aromatic carbocycles. The number of thiazole rings is 1. The van der Waals surface area contributed by atoms with Crippen LogP contribution in [0, 0.1) is 5.82 Å². The van der Waals surface area contributed by atoms with Gasteiger partial charge in [-0.3, -0.25) is 0 Å². The highest BCUT2D eigenvalue weighted by molar-refractivity contribution is 7.13. The summed E-state index contributed by atoms with van der Waals surface area (Å²) < 4.78 is 13.1. The van der Waals surface area contributed by atoms with Crippen molar-refractivity contribution in [1.82, 2.24) is 4.98 Å². The van der Waals surface area contributed by atoms with Gasteiger partial charge in [-0.1, -0.05) is 29.8 Å². The van der Waals surface area contributed by atoms with Gasteiger partial charge in [0.2, 0.25) is 0 Å². The topological polar surface area (TPSA) is 20.6 Å². The van der Waals surface area contributed by atoms with E-state index in [0.717, 1.165) is 59.7 Å². The summed E-state index contributed by atoms with van der Waals surface area (Å²) in [5, 5.41) is 3.86. The highest BCUT2D eigenvalue weighted by atomic mass is 35.5. The van der Waals surface area contributed by atoms with Gasteiger partial charge in [0.25, 0.3) is 0 Å².